The zero-order chi connectivity index (χ0) is 16.3. The van der Waals surface area contributed by atoms with Crippen LogP contribution in [0.15, 0.2) is 36.4 Å². The molecule has 1 aromatic carbocycles. The minimum Gasteiger partial charge on any atom is -0.323 e. The minimum absolute atomic E-state index is 0.190. The van der Waals surface area contributed by atoms with Gasteiger partial charge in [-0.2, -0.15) is 0 Å². The number of nitrogens with one attached hydrogen (secondary N) is 2. The quantitative estimate of drug-likeness (QED) is 0.836. The first-order valence-electron chi connectivity index (χ1n) is 8.15. The van der Waals surface area contributed by atoms with Gasteiger partial charge in [-0.15, -0.1) is 0 Å². The van der Waals surface area contributed by atoms with Crippen molar-refractivity contribution in [2.75, 3.05) is 19.6 Å². The molecule has 2 N–H and O–H groups in total. The molecule has 23 heavy (non-hydrogen) atoms. The fourth-order valence-electron chi connectivity index (χ4n) is 3.44. The predicted molar refractivity (Wildman–Crippen MR) is 89.7 cm³/mol. The first-order valence-corrected chi connectivity index (χ1v) is 8.15. The lowest BCUT2D eigenvalue weighted by molar-refractivity contribution is -0.125. The van der Waals surface area contributed by atoms with E-state index >= 15 is 0 Å². The second-order valence-corrected chi connectivity index (χ2v) is 6.50. The number of hydrogen-bond acceptors (Lipinski definition) is 3. The Morgan fingerprint density at radius 2 is 1.91 bits per heavy atom. The maximum atomic E-state index is 12.0. The molecule has 5 nitrogen and oxygen atoms in total. The van der Waals surface area contributed by atoms with E-state index in [1.807, 2.05) is 25.1 Å². The highest BCUT2D eigenvalue weighted by Crippen LogP contribution is 2.30. The van der Waals surface area contributed by atoms with E-state index in [2.05, 4.69) is 39.8 Å². The van der Waals surface area contributed by atoms with Crippen LogP contribution >= 0.6 is 0 Å². The van der Waals surface area contributed by atoms with Crippen LogP contribution in [-0.4, -0.2) is 42.0 Å². The Morgan fingerprint density at radius 3 is 2.52 bits per heavy atom. The molecule has 122 valence electrons. The van der Waals surface area contributed by atoms with Gasteiger partial charge >= 0.3 is 6.03 Å². The Hall–Kier alpha value is -2.14. The molecule has 1 atom stereocenters. The van der Waals surface area contributed by atoms with Crippen LogP contribution in [0.2, 0.25) is 0 Å². The van der Waals surface area contributed by atoms with Gasteiger partial charge in [0.25, 0.3) is 5.91 Å². The summed E-state index contributed by atoms with van der Waals surface area (Å²) >= 11 is 0. The largest absolute Gasteiger partial charge is 0.323 e. The molecule has 1 unspecified atom stereocenters. The molecule has 5 heteroatoms. The number of nitrogens with zero attached hydrogens (tertiary/aromatic N) is 1. The highest BCUT2D eigenvalue weighted by molar-refractivity contribution is 6.06. The maximum Gasteiger partial charge on any atom is 0.322 e. The summed E-state index contributed by atoms with van der Waals surface area (Å²) in [5.41, 5.74) is 0.462. The van der Waals surface area contributed by atoms with Gasteiger partial charge in [-0.05, 0) is 44.3 Å². The molecule has 0 aliphatic carbocycles. The SMILES string of the molecule is CC1(C2CCN(C/C=C/c3ccccc3)CC2)NC(=O)NC1=O. The second-order valence-electron chi connectivity index (χ2n) is 6.50. The molecule has 0 radical (unpaired) electrons. The van der Waals surface area contributed by atoms with Crippen LogP contribution < -0.4 is 10.6 Å². The van der Waals surface area contributed by atoms with Gasteiger partial charge in [-0.1, -0.05) is 42.5 Å². The monoisotopic (exact) mass is 313 g/mol. The first-order chi connectivity index (χ1) is 11.1. The Bertz CT molecular complexity index is 606. The number of carbonyl (C=O) groups excluding carboxylic acids is 2. The maximum absolute atomic E-state index is 12.0. The van der Waals surface area contributed by atoms with Crippen LogP contribution in [0.5, 0.6) is 0 Å². The molecule has 0 saturated carbocycles. The highest BCUT2D eigenvalue weighted by atomic mass is 16.2. The molecule has 2 saturated heterocycles. The van der Waals surface area contributed by atoms with Gasteiger partial charge in [0.05, 0.1) is 0 Å². The lowest BCUT2D eigenvalue weighted by atomic mass is 9.79. The summed E-state index contributed by atoms with van der Waals surface area (Å²) in [6, 6.07) is 9.89. The third-order valence-electron chi connectivity index (χ3n) is 4.95. The Kier molecular flexibility index (Phi) is 4.48. The molecule has 2 aliphatic heterocycles. The van der Waals surface area contributed by atoms with E-state index in [1.165, 1.54) is 5.56 Å². The van der Waals surface area contributed by atoms with Gasteiger partial charge in [-0.25, -0.2) is 4.79 Å². The Balaban J connectivity index is 1.50. The van der Waals surface area contributed by atoms with Gasteiger partial charge in [-0.3, -0.25) is 15.0 Å². The van der Waals surface area contributed by atoms with E-state index in [0.29, 0.717) is 0 Å². The van der Waals surface area contributed by atoms with E-state index < -0.39 is 5.54 Å². The summed E-state index contributed by atoms with van der Waals surface area (Å²) in [4.78, 5) is 25.8. The molecule has 0 aromatic heterocycles. The fraction of sp³-hybridized carbons (Fsp3) is 0.444. The van der Waals surface area contributed by atoms with Crippen molar-refractivity contribution in [3.63, 3.8) is 0 Å². The third kappa shape index (κ3) is 3.45. The summed E-state index contributed by atoms with van der Waals surface area (Å²) in [6.45, 7) is 4.64. The van der Waals surface area contributed by atoms with Crippen molar-refractivity contribution >= 4 is 18.0 Å². The van der Waals surface area contributed by atoms with E-state index in [4.69, 9.17) is 0 Å². The molecule has 1 aromatic rings. The number of amides is 3. The number of imide groups is 1. The van der Waals surface area contributed by atoms with Crippen LogP contribution in [0.3, 0.4) is 0 Å². The number of carbonyl (C=O) groups is 2. The Labute approximate surface area is 136 Å². The number of benzene rings is 1. The molecule has 2 heterocycles. The van der Waals surface area contributed by atoms with Gasteiger partial charge < -0.3 is 5.32 Å². The van der Waals surface area contributed by atoms with Crippen LogP contribution in [0.25, 0.3) is 6.08 Å². The molecule has 3 amide bonds. The van der Waals surface area contributed by atoms with Gasteiger partial charge in [0.2, 0.25) is 0 Å². The second kappa shape index (κ2) is 6.54. The number of hydrogen-bond donors (Lipinski definition) is 2. The van der Waals surface area contributed by atoms with Gasteiger partial charge in [0.1, 0.15) is 5.54 Å². The molecule has 2 fully saturated rings. The highest BCUT2D eigenvalue weighted by Gasteiger charge is 2.48. The van der Waals surface area contributed by atoms with Crippen molar-refractivity contribution in [2.45, 2.75) is 25.3 Å². The van der Waals surface area contributed by atoms with Crippen LogP contribution in [-0.2, 0) is 4.79 Å². The van der Waals surface area contributed by atoms with E-state index in [1.54, 1.807) is 0 Å². The lowest BCUT2D eigenvalue weighted by Gasteiger charge is -2.38. The van der Waals surface area contributed by atoms with E-state index in [0.717, 1.165) is 32.5 Å². The topological polar surface area (TPSA) is 61.4 Å². The van der Waals surface area contributed by atoms with Crippen LogP contribution in [0, 0.1) is 5.92 Å². The Morgan fingerprint density at radius 1 is 1.22 bits per heavy atom. The summed E-state index contributed by atoms with van der Waals surface area (Å²) in [5.74, 6) is 0.00762. The number of rotatable bonds is 4. The molecular weight excluding hydrogens is 290 g/mol. The van der Waals surface area contributed by atoms with Crippen LogP contribution in [0.1, 0.15) is 25.3 Å². The van der Waals surface area contributed by atoms with Crippen molar-refractivity contribution in [3.8, 4) is 0 Å². The average Bonchev–Trinajstić information content (AvgIpc) is 2.82. The predicted octanol–water partition coefficient (Wildman–Crippen LogP) is 2.01. The minimum atomic E-state index is -0.747. The van der Waals surface area contributed by atoms with Crippen molar-refractivity contribution in [2.24, 2.45) is 5.92 Å². The first kappa shape index (κ1) is 15.7. The summed E-state index contributed by atoms with van der Waals surface area (Å²) in [7, 11) is 0. The van der Waals surface area contributed by atoms with Crippen molar-refractivity contribution in [1.82, 2.24) is 15.5 Å². The molecule has 0 bridgehead atoms. The standard InChI is InChI=1S/C18H23N3O2/c1-18(16(22)19-17(23)20-18)15-9-12-21(13-10-15)11-5-8-14-6-3-2-4-7-14/h2-8,15H,9-13H2,1H3,(H2,19,20,22,23)/b8-5+. The average molecular weight is 313 g/mol. The third-order valence-corrected chi connectivity index (χ3v) is 4.95. The molecular formula is C18H23N3O2. The van der Waals surface area contributed by atoms with Gasteiger partial charge in [0.15, 0.2) is 0 Å². The number of piperidine rings is 1. The van der Waals surface area contributed by atoms with E-state index in [9.17, 15) is 9.59 Å². The lowest BCUT2D eigenvalue weighted by Crippen LogP contribution is -2.53. The molecule has 2 aliphatic rings. The normalized spacial score (nSPS) is 26.5. The van der Waals surface area contributed by atoms with E-state index in [-0.39, 0.29) is 17.9 Å². The van der Waals surface area contributed by atoms with Crippen molar-refractivity contribution < 1.29 is 9.59 Å². The number of urea groups is 1. The molecule has 3 rings (SSSR count). The summed E-state index contributed by atoms with van der Waals surface area (Å²) in [6.07, 6.45) is 6.16. The van der Waals surface area contributed by atoms with Crippen molar-refractivity contribution in [1.29, 1.82) is 0 Å². The zero-order valence-corrected chi connectivity index (χ0v) is 13.4. The molecule has 0 spiro atoms. The smallest absolute Gasteiger partial charge is 0.322 e. The zero-order valence-electron chi connectivity index (χ0n) is 13.4. The van der Waals surface area contributed by atoms with Crippen molar-refractivity contribution in [3.05, 3.63) is 42.0 Å². The fourth-order valence-corrected chi connectivity index (χ4v) is 3.44. The van der Waals surface area contributed by atoms with Gasteiger partial charge in [0, 0.05) is 6.54 Å². The summed E-state index contributed by atoms with van der Waals surface area (Å²) < 4.78 is 0. The summed E-state index contributed by atoms with van der Waals surface area (Å²) in [5, 5.41) is 5.15. The van der Waals surface area contributed by atoms with Crippen LogP contribution in [0.4, 0.5) is 4.79 Å². The number of likely N-dealkylation sites (tertiary alicyclic amines) is 1.